The van der Waals surface area contributed by atoms with Gasteiger partial charge in [0.1, 0.15) is 0 Å². The van der Waals surface area contributed by atoms with Crippen LogP contribution in [0, 0.1) is 3.57 Å². The SMILES string of the molecule is CCOC(=O)CCc1cc(I)cc(C(F)(F)F)c1. The number of rotatable bonds is 4. The Kier molecular flexibility index (Phi) is 5.43. The van der Waals surface area contributed by atoms with Crippen molar-refractivity contribution >= 4 is 28.6 Å². The molecule has 1 rings (SSSR count). The summed E-state index contributed by atoms with van der Waals surface area (Å²) in [6.45, 7) is 1.96. The fourth-order valence-corrected chi connectivity index (χ4v) is 2.17. The first-order chi connectivity index (χ1) is 8.32. The Morgan fingerprint density at radius 2 is 2.00 bits per heavy atom. The molecule has 0 saturated carbocycles. The van der Waals surface area contributed by atoms with Gasteiger partial charge >= 0.3 is 12.1 Å². The maximum absolute atomic E-state index is 12.6. The topological polar surface area (TPSA) is 26.3 Å². The molecule has 0 aliphatic heterocycles. The van der Waals surface area contributed by atoms with Crippen molar-refractivity contribution in [2.75, 3.05) is 6.61 Å². The third-order valence-electron chi connectivity index (χ3n) is 2.21. The molecule has 0 amide bonds. The lowest BCUT2D eigenvalue weighted by atomic mass is 10.1. The molecule has 2 nitrogen and oxygen atoms in total. The number of halogens is 4. The third-order valence-corrected chi connectivity index (χ3v) is 2.83. The molecule has 0 bridgehead atoms. The van der Waals surface area contributed by atoms with E-state index in [4.69, 9.17) is 4.74 Å². The second-order valence-corrected chi connectivity index (χ2v) is 4.90. The van der Waals surface area contributed by atoms with E-state index < -0.39 is 17.7 Å². The second-order valence-electron chi connectivity index (χ2n) is 3.65. The van der Waals surface area contributed by atoms with Crippen molar-refractivity contribution in [1.82, 2.24) is 0 Å². The predicted octanol–water partition coefficient (Wildman–Crippen LogP) is 3.81. The van der Waals surface area contributed by atoms with E-state index in [1.165, 1.54) is 0 Å². The van der Waals surface area contributed by atoms with Crippen LogP contribution in [0.1, 0.15) is 24.5 Å². The molecule has 0 unspecified atom stereocenters. The van der Waals surface area contributed by atoms with Gasteiger partial charge in [0, 0.05) is 9.99 Å². The van der Waals surface area contributed by atoms with Gasteiger partial charge in [-0.15, -0.1) is 0 Å². The Bertz CT molecular complexity index is 430. The van der Waals surface area contributed by atoms with Crippen LogP contribution in [0.3, 0.4) is 0 Å². The van der Waals surface area contributed by atoms with Crippen molar-refractivity contribution in [2.45, 2.75) is 25.9 Å². The van der Waals surface area contributed by atoms with Crippen molar-refractivity contribution in [1.29, 1.82) is 0 Å². The Hall–Kier alpha value is -0.790. The summed E-state index contributed by atoms with van der Waals surface area (Å²) in [4.78, 5) is 11.1. The van der Waals surface area contributed by atoms with E-state index in [0.29, 0.717) is 9.13 Å². The molecule has 0 saturated heterocycles. The fraction of sp³-hybridized carbons (Fsp3) is 0.417. The molecule has 0 radical (unpaired) electrons. The number of ether oxygens (including phenoxy) is 1. The Labute approximate surface area is 117 Å². The van der Waals surface area contributed by atoms with Crippen LogP contribution in [-0.4, -0.2) is 12.6 Å². The molecule has 100 valence electrons. The van der Waals surface area contributed by atoms with E-state index in [0.717, 1.165) is 12.1 Å². The molecule has 0 fully saturated rings. The lowest BCUT2D eigenvalue weighted by Crippen LogP contribution is -2.08. The molecule has 0 aliphatic rings. The first kappa shape index (κ1) is 15.3. The summed E-state index contributed by atoms with van der Waals surface area (Å²) in [5.74, 6) is -0.398. The summed E-state index contributed by atoms with van der Waals surface area (Å²) in [7, 11) is 0. The minimum atomic E-state index is -4.36. The predicted molar refractivity (Wildman–Crippen MR) is 69.1 cm³/mol. The molecule has 0 atom stereocenters. The Balaban J connectivity index is 2.78. The van der Waals surface area contributed by atoms with Crippen molar-refractivity contribution < 1.29 is 22.7 Å². The van der Waals surface area contributed by atoms with Crippen molar-refractivity contribution in [2.24, 2.45) is 0 Å². The number of alkyl halides is 3. The lowest BCUT2D eigenvalue weighted by molar-refractivity contribution is -0.143. The molecule has 0 N–H and O–H groups in total. The summed E-state index contributed by atoms with van der Waals surface area (Å²) in [6, 6.07) is 3.78. The van der Waals surface area contributed by atoms with E-state index >= 15 is 0 Å². The van der Waals surface area contributed by atoms with E-state index in [2.05, 4.69) is 0 Å². The van der Waals surface area contributed by atoms with E-state index in [1.807, 2.05) is 22.6 Å². The van der Waals surface area contributed by atoms with Gasteiger partial charge in [-0.1, -0.05) is 0 Å². The number of hydrogen-bond donors (Lipinski definition) is 0. The van der Waals surface area contributed by atoms with Crippen LogP contribution in [0.4, 0.5) is 13.2 Å². The van der Waals surface area contributed by atoms with Crippen LogP contribution in [0.5, 0.6) is 0 Å². The highest BCUT2D eigenvalue weighted by molar-refractivity contribution is 14.1. The van der Waals surface area contributed by atoms with Gasteiger partial charge in [0.2, 0.25) is 0 Å². The van der Waals surface area contributed by atoms with Gasteiger partial charge in [-0.3, -0.25) is 4.79 Å². The Morgan fingerprint density at radius 3 is 2.56 bits per heavy atom. The molecule has 18 heavy (non-hydrogen) atoms. The van der Waals surface area contributed by atoms with Crippen LogP contribution in [0.2, 0.25) is 0 Å². The van der Waals surface area contributed by atoms with Crippen LogP contribution < -0.4 is 0 Å². The van der Waals surface area contributed by atoms with Crippen molar-refractivity contribution in [3.63, 3.8) is 0 Å². The van der Waals surface area contributed by atoms with Gasteiger partial charge in [-0.2, -0.15) is 13.2 Å². The van der Waals surface area contributed by atoms with Crippen LogP contribution in [-0.2, 0) is 22.1 Å². The van der Waals surface area contributed by atoms with E-state index in [-0.39, 0.29) is 19.4 Å². The van der Waals surface area contributed by atoms with Crippen LogP contribution >= 0.6 is 22.6 Å². The zero-order valence-corrected chi connectivity index (χ0v) is 11.8. The van der Waals surface area contributed by atoms with Gasteiger partial charge in [0.15, 0.2) is 0 Å². The number of esters is 1. The maximum atomic E-state index is 12.6. The lowest BCUT2D eigenvalue weighted by Gasteiger charge is -2.10. The number of aryl methyl sites for hydroxylation is 1. The van der Waals surface area contributed by atoms with Gasteiger partial charge in [0.05, 0.1) is 12.2 Å². The van der Waals surface area contributed by atoms with Crippen LogP contribution in [0.15, 0.2) is 18.2 Å². The van der Waals surface area contributed by atoms with Crippen molar-refractivity contribution in [3.05, 3.63) is 32.9 Å². The number of carbonyl (C=O) groups is 1. The minimum Gasteiger partial charge on any atom is -0.466 e. The molecule has 1 aromatic rings. The number of carbonyl (C=O) groups excluding carboxylic acids is 1. The van der Waals surface area contributed by atoms with E-state index in [1.54, 1.807) is 13.0 Å². The molecular weight excluding hydrogens is 360 g/mol. The number of hydrogen-bond acceptors (Lipinski definition) is 2. The minimum absolute atomic E-state index is 0.0885. The standard InChI is InChI=1S/C12H12F3IO2/c1-2-18-11(17)4-3-8-5-9(12(13,14)15)7-10(16)6-8/h5-7H,2-4H2,1H3. The summed E-state index contributed by atoms with van der Waals surface area (Å²) >= 11 is 1.83. The average molecular weight is 372 g/mol. The smallest absolute Gasteiger partial charge is 0.416 e. The monoisotopic (exact) mass is 372 g/mol. The molecule has 0 aliphatic carbocycles. The summed E-state index contributed by atoms with van der Waals surface area (Å²) in [6.07, 6.45) is -4.02. The Morgan fingerprint density at radius 1 is 1.33 bits per heavy atom. The van der Waals surface area contributed by atoms with E-state index in [9.17, 15) is 18.0 Å². The first-order valence-electron chi connectivity index (χ1n) is 5.35. The maximum Gasteiger partial charge on any atom is 0.416 e. The summed E-state index contributed by atoms with van der Waals surface area (Å²) < 4.78 is 42.9. The summed E-state index contributed by atoms with van der Waals surface area (Å²) in [5, 5.41) is 0. The first-order valence-corrected chi connectivity index (χ1v) is 6.43. The third kappa shape index (κ3) is 4.83. The zero-order chi connectivity index (χ0) is 13.8. The average Bonchev–Trinajstić information content (AvgIpc) is 2.25. The highest BCUT2D eigenvalue weighted by Gasteiger charge is 2.30. The quantitative estimate of drug-likeness (QED) is 0.594. The largest absolute Gasteiger partial charge is 0.466 e. The molecule has 0 spiro atoms. The molecule has 0 heterocycles. The van der Waals surface area contributed by atoms with Crippen LogP contribution in [0.25, 0.3) is 0 Å². The second kappa shape index (κ2) is 6.40. The molecule has 1 aromatic carbocycles. The zero-order valence-electron chi connectivity index (χ0n) is 9.68. The highest BCUT2D eigenvalue weighted by atomic mass is 127. The van der Waals surface area contributed by atoms with Gasteiger partial charge in [-0.25, -0.2) is 0 Å². The van der Waals surface area contributed by atoms with Crippen molar-refractivity contribution in [3.8, 4) is 0 Å². The number of benzene rings is 1. The van der Waals surface area contributed by atoms with Gasteiger partial charge in [-0.05, 0) is 59.7 Å². The highest BCUT2D eigenvalue weighted by Crippen LogP contribution is 2.31. The molecule has 0 aromatic heterocycles. The van der Waals surface area contributed by atoms with Gasteiger partial charge in [0.25, 0.3) is 0 Å². The molecular formula is C12H12F3IO2. The molecule has 6 heteroatoms. The summed E-state index contributed by atoms with van der Waals surface area (Å²) in [5.41, 5.74) is -0.199. The normalized spacial score (nSPS) is 11.4. The fourth-order valence-electron chi connectivity index (χ4n) is 1.44. The van der Waals surface area contributed by atoms with Gasteiger partial charge < -0.3 is 4.74 Å².